The number of para-hydroxylation sites is 2. The van der Waals surface area contributed by atoms with E-state index in [9.17, 15) is 10.4 Å². The molecule has 0 bridgehead atoms. The average molecular weight is 266 g/mol. The van der Waals surface area contributed by atoms with Crippen LogP contribution in [0.3, 0.4) is 0 Å². The van der Waals surface area contributed by atoms with Crippen LogP contribution in [-0.2, 0) is 6.42 Å². The van der Waals surface area contributed by atoms with Gasteiger partial charge in [0.1, 0.15) is 11.4 Å². The first kappa shape index (κ1) is 11.8. The number of hydroxylamine groups is 3. The fourth-order valence-electron chi connectivity index (χ4n) is 3.17. The van der Waals surface area contributed by atoms with E-state index in [0.717, 1.165) is 17.5 Å². The van der Waals surface area contributed by atoms with Gasteiger partial charge in [0.15, 0.2) is 0 Å². The van der Waals surface area contributed by atoms with Crippen LogP contribution in [0.1, 0.15) is 11.1 Å². The number of quaternary nitrogens is 2. The van der Waals surface area contributed by atoms with E-state index >= 15 is 0 Å². The monoisotopic (exact) mass is 266 g/mol. The van der Waals surface area contributed by atoms with E-state index in [1.807, 2.05) is 42.5 Å². The fourth-order valence-corrected chi connectivity index (χ4v) is 3.17. The van der Waals surface area contributed by atoms with Crippen LogP contribution in [0.5, 0.6) is 0 Å². The van der Waals surface area contributed by atoms with Crippen LogP contribution in [0, 0.1) is 10.4 Å². The molecule has 2 aromatic carbocycles. The third-order valence-corrected chi connectivity index (χ3v) is 4.20. The lowest BCUT2D eigenvalue weighted by Gasteiger charge is -2.39. The quantitative estimate of drug-likeness (QED) is 0.634. The highest BCUT2D eigenvalue weighted by Crippen LogP contribution is 2.38. The lowest BCUT2D eigenvalue weighted by molar-refractivity contribution is -0.736. The van der Waals surface area contributed by atoms with Crippen molar-refractivity contribution in [3.63, 3.8) is 0 Å². The van der Waals surface area contributed by atoms with Crippen LogP contribution >= 0.6 is 0 Å². The van der Waals surface area contributed by atoms with Gasteiger partial charge in [0.05, 0.1) is 12.6 Å². The van der Waals surface area contributed by atoms with Gasteiger partial charge in [-0.1, -0.05) is 30.3 Å². The Bertz CT molecular complexity index is 726. The number of benzene rings is 2. The van der Waals surface area contributed by atoms with Gasteiger partial charge in [-0.05, 0) is 6.07 Å². The van der Waals surface area contributed by atoms with Crippen molar-refractivity contribution in [2.45, 2.75) is 6.42 Å². The van der Waals surface area contributed by atoms with Crippen molar-refractivity contribution in [3.8, 4) is 0 Å². The summed E-state index contributed by atoms with van der Waals surface area (Å²) in [5, 5.41) is 25.6. The van der Waals surface area contributed by atoms with Crippen molar-refractivity contribution in [3.05, 3.63) is 75.9 Å². The largest absolute Gasteiger partial charge is 0.619 e. The first-order valence-corrected chi connectivity index (χ1v) is 6.74. The smallest absolute Gasteiger partial charge is 0.303 e. The molecular formula is C16H14N2O2. The van der Waals surface area contributed by atoms with Gasteiger partial charge in [-0.3, -0.25) is 5.06 Å². The number of rotatable bonds is 1. The maximum atomic E-state index is 13.3. The van der Waals surface area contributed by atoms with E-state index in [1.54, 1.807) is 12.1 Å². The number of hydrogen-bond acceptors (Lipinski definition) is 2. The Labute approximate surface area is 116 Å². The van der Waals surface area contributed by atoms with E-state index < -0.39 is 4.65 Å². The molecule has 0 saturated carbocycles. The standard InChI is InChI=1S/C16H14N2O2/c19-17-14-7-3-1-6-13(14)11-16(17)18(20)10-9-12-5-2-4-8-15(12)18/h1-8,11,17H,9-10H2. The molecule has 0 fully saturated rings. The lowest BCUT2D eigenvalue weighted by atomic mass is 10.2. The molecule has 2 aliphatic heterocycles. The summed E-state index contributed by atoms with van der Waals surface area (Å²) < 4.78 is -0.621. The second kappa shape index (κ2) is 4.01. The maximum Gasteiger partial charge on any atom is 0.303 e. The lowest BCUT2D eigenvalue weighted by Crippen LogP contribution is -3.02. The minimum Gasteiger partial charge on any atom is -0.619 e. The average Bonchev–Trinajstić information content (AvgIpc) is 3.00. The number of hydrogen-bond donors (Lipinski definition) is 1. The highest BCUT2D eigenvalue weighted by molar-refractivity contribution is 5.70. The van der Waals surface area contributed by atoms with Crippen molar-refractivity contribution in [2.75, 3.05) is 6.54 Å². The Morgan fingerprint density at radius 3 is 2.60 bits per heavy atom. The topological polar surface area (TPSA) is 50.6 Å². The molecule has 2 aliphatic rings. The van der Waals surface area contributed by atoms with Crippen LogP contribution in [0.2, 0.25) is 0 Å². The Morgan fingerprint density at radius 2 is 1.75 bits per heavy atom. The molecule has 0 radical (unpaired) electrons. The summed E-state index contributed by atoms with van der Waals surface area (Å²) in [5.41, 5.74) is 3.25. The summed E-state index contributed by atoms with van der Waals surface area (Å²) in [4.78, 5) is 0. The zero-order chi connectivity index (χ0) is 13.7. The molecule has 0 aromatic heterocycles. The van der Waals surface area contributed by atoms with Gasteiger partial charge in [-0.2, -0.15) is 0 Å². The summed E-state index contributed by atoms with van der Waals surface area (Å²) in [7, 11) is 0. The van der Waals surface area contributed by atoms with Gasteiger partial charge in [0, 0.05) is 29.7 Å². The van der Waals surface area contributed by atoms with Crippen molar-refractivity contribution in [1.29, 1.82) is 0 Å². The molecule has 100 valence electrons. The van der Waals surface area contributed by atoms with E-state index in [1.165, 1.54) is 0 Å². The minimum atomic E-state index is -0.621. The van der Waals surface area contributed by atoms with Crippen molar-refractivity contribution < 1.29 is 5.06 Å². The maximum absolute atomic E-state index is 13.3. The molecule has 2 unspecified atom stereocenters. The van der Waals surface area contributed by atoms with Gasteiger partial charge in [-0.25, -0.2) is 4.65 Å². The molecular weight excluding hydrogens is 252 g/mol. The zero-order valence-electron chi connectivity index (χ0n) is 10.9. The van der Waals surface area contributed by atoms with E-state index in [2.05, 4.69) is 0 Å². The second-order valence-electron chi connectivity index (χ2n) is 5.29. The first-order valence-electron chi connectivity index (χ1n) is 6.74. The first-order chi connectivity index (χ1) is 9.70. The van der Waals surface area contributed by atoms with Gasteiger partial charge in [0.2, 0.25) is 0 Å². The van der Waals surface area contributed by atoms with Crippen LogP contribution in [0.15, 0.2) is 54.4 Å². The highest BCUT2D eigenvalue weighted by atomic mass is 16.6. The van der Waals surface area contributed by atoms with Crippen molar-refractivity contribution in [1.82, 2.24) is 4.65 Å². The predicted octanol–water partition coefficient (Wildman–Crippen LogP) is 2.07. The summed E-state index contributed by atoms with van der Waals surface area (Å²) in [6.07, 6.45) is 2.48. The molecule has 1 N–H and O–H groups in total. The molecule has 0 aliphatic carbocycles. The van der Waals surface area contributed by atoms with Gasteiger partial charge in [-0.15, -0.1) is 0 Å². The van der Waals surface area contributed by atoms with E-state index in [4.69, 9.17) is 0 Å². The van der Waals surface area contributed by atoms with Crippen molar-refractivity contribution >= 4 is 17.5 Å². The number of fused-ring (bicyclic) bond motifs is 2. The SMILES string of the molecule is [O-][NH+]1C([N+]2([O-])CCc3ccccc32)=Cc2ccccc21. The molecule has 4 rings (SSSR count). The second-order valence-corrected chi connectivity index (χ2v) is 5.29. The Morgan fingerprint density at radius 1 is 1.00 bits per heavy atom. The van der Waals surface area contributed by atoms with Gasteiger partial charge < -0.3 is 10.4 Å². The molecule has 2 atom stereocenters. The minimum absolute atomic E-state index is 0.132. The fraction of sp³-hybridized carbons (Fsp3) is 0.125. The summed E-state index contributed by atoms with van der Waals surface area (Å²) in [6.45, 7) is 0.408. The zero-order valence-corrected chi connectivity index (χ0v) is 10.9. The molecule has 0 amide bonds. The molecule has 2 aromatic rings. The molecule has 4 nitrogen and oxygen atoms in total. The molecule has 2 heterocycles. The summed E-state index contributed by atoms with van der Waals surface area (Å²) in [6, 6.07) is 15.0. The predicted molar refractivity (Wildman–Crippen MR) is 78.6 cm³/mol. The van der Waals surface area contributed by atoms with Gasteiger partial charge in [0.25, 0.3) is 0 Å². The van der Waals surface area contributed by atoms with Crippen LogP contribution < -0.4 is 9.71 Å². The highest BCUT2D eigenvalue weighted by Gasteiger charge is 2.41. The van der Waals surface area contributed by atoms with E-state index in [-0.39, 0.29) is 5.06 Å². The van der Waals surface area contributed by atoms with Crippen LogP contribution in [0.25, 0.3) is 6.08 Å². The van der Waals surface area contributed by atoms with Crippen molar-refractivity contribution in [2.24, 2.45) is 0 Å². The Balaban J connectivity index is 1.85. The normalized spacial score (nSPS) is 27.1. The summed E-state index contributed by atoms with van der Waals surface area (Å²) in [5.74, 6) is 0.344. The third kappa shape index (κ3) is 1.44. The molecule has 0 saturated heterocycles. The van der Waals surface area contributed by atoms with Crippen LogP contribution in [-0.4, -0.2) is 6.54 Å². The molecule has 0 spiro atoms. The van der Waals surface area contributed by atoms with Crippen LogP contribution in [0.4, 0.5) is 11.4 Å². The van der Waals surface area contributed by atoms with Gasteiger partial charge >= 0.3 is 5.82 Å². The Hall–Kier alpha value is -1.98. The number of nitrogens with one attached hydrogen (secondary N) is 1. The van der Waals surface area contributed by atoms with E-state index in [0.29, 0.717) is 23.7 Å². The third-order valence-electron chi connectivity index (χ3n) is 4.20. The summed E-state index contributed by atoms with van der Waals surface area (Å²) >= 11 is 0. The molecule has 4 heteroatoms. The number of nitrogens with zero attached hydrogens (tertiary/aromatic N) is 1. The molecule has 20 heavy (non-hydrogen) atoms. The Kier molecular flexibility index (Phi) is 2.37.